The second-order valence-electron chi connectivity index (χ2n) is 9.05. The Hall–Kier alpha value is -4.73. The molecule has 5 aromatic rings. The molecule has 6 rings (SSSR count). The number of aryl methyl sites for hydroxylation is 2. The van der Waals surface area contributed by atoms with Crippen LogP contribution in [0.3, 0.4) is 0 Å². The molecule has 186 valence electrons. The van der Waals surface area contributed by atoms with Crippen molar-refractivity contribution in [3.8, 4) is 17.3 Å². The van der Waals surface area contributed by atoms with Crippen molar-refractivity contribution in [3.63, 3.8) is 0 Å². The Morgan fingerprint density at radius 3 is 2.78 bits per heavy atom. The summed E-state index contributed by atoms with van der Waals surface area (Å²) in [6, 6.07) is 17.6. The lowest BCUT2D eigenvalue weighted by Gasteiger charge is -2.26. The predicted molar refractivity (Wildman–Crippen MR) is 136 cm³/mol. The lowest BCUT2D eigenvalue weighted by atomic mass is 9.85. The van der Waals surface area contributed by atoms with E-state index in [4.69, 9.17) is 14.6 Å². The minimum absolute atomic E-state index is 0.114. The average molecular weight is 496 g/mol. The van der Waals surface area contributed by atoms with Gasteiger partial charge in [0.05, 0.1) is 12.8 Å². The highest BCUT2D eigenvalue weighted by atomic mass is 16.5. The first kappa shape index (κ1) is 22.7. The quantitative estimate of drug-likeness (QED) is 0.379. The largest absolute Gasteiger partial charge is 0.493 e. The van der Waals surface area contributed by atoms with Crippen LogP contribution >= 0.6 is 0 Å². The van der Waals surface area contributed by atoms with E-state index in [1.165, 1.54) is 6.33 Å². The van der Waals surface area contributed by atoms with Crippen LogP contribution in [0.1, 0.15) is 40.3 Å². The molecule has 0 aliphatic carbocycles. The van der Waals surface area contributed by atoms with Gasteiger partial charge in [0.15, 0.2) is 23.0 Å². The van der Waals surface area contributed by atoms with E-state index in [1.807, 2.05) is 37.3 Å². The zero-order valence-corrected chi connectivity index (χ0v) is 20.7. The van der Waals surface area contributed by atoms with Gasteiger partial charge < -0.3 is 14.8 Å². The normalized spacial score (nSPS) is 14.9. The smallest absolute Gasteiger partial charge is 0.226 e. The number of methoxy groups -OCH3 is 1. The first-order chi connectivity index (χ1) is 18.0. The second kappa shape index (κ2) is 9.05. The molecule has 0 spiro atoms. The minimum atomic E-state index is -0.279. The Kier molecular flexibility index (Phi) is 5.56. The fourth-order valence-electron chi connectivity index (χ4n) is 4.89. The summed E-state index contributed by atoms with van der Waals surface area (Å²) in [5, 5.41) is 20.2. The van der Waals surface area contributed by atoms with Crippen molar-refractivity contribution in [2.45, 2.75) is 32.8 Å². The number of ether oxygens (including phenoxy) is 2. The van der Waals surface area contributed by atoms with Gasteiger partial charge in [0.25, 0.3) is 0 Å². The summed E-state index contributed by atoms with van der Waals surface area (Å²) in [7, 11) is 1.62. The number of aromatic nitrogens is 6. The summed E-state index contributed by atoms with van der Waals surface area (Å²) in [5.41, 5.74) is 5.41. The fourth-order valence-corrected chi connectivity index (χ4v) is 4.89. The van der Waals surface area contributed by atoms with Gasteiger partial charge in [-0.15, -0.1) is 15.3 Å². The van der Waals surface area contributed by atoms with Gasteiger partial charge in [-0.3, -0.25) is 4.79 Å². The molecule has 37 heavy (non-hydrogen) atoms. The summed E-state index contributed by atoms with van der Waals surface area (Å²) >= 11 is 0. The molecule has 1 atom stereocenters. The molecule has 1 aliphatic rings. The molecule has 0 saturated carbocycles. The Labute approximate surface area is 212 Å². The third-order valence-corrected chi connectivity index (χ3v) is 6.54. The van der Waals surface area contributed by atoms with Crippen LogP contribution in [0.4, 0.5) is 5.82 Å². The standard InChI is InChI=1S/C27H25N7O3/c1-16-6-4-7-18(12-16)14-37-26-19(8-5-9-21(26)36-3)20-13-24(35)29-27-25(20)17(2)31-34(27)23-11-10-22-30-28-15-33(22)32-23/h4-12,15,20H,13-14H2,1-3H3,(H,29,35). The van der Waals surface area contributed by atoms with E-state index in [9.17, 15) is 4.79 Å². The first-order valence-electron chi connectivity index (χ1n) is 11.9. The van der Waals surface area contributed by atoms with Gasteiger partial charge in [0.1, 0.15) is 18.8 Å². The van der Waals surface area contributed by atoms with Crippen LogP contribution in [0.15, 0.2) is 60.9 Å². The van der Waals surface area contributed by atoms with Crippen molar-refractivity contribution in [1.29, 1.82) is 0 Å². The molecule has 0 saturated heterocycles. The highest BCUT2D eigenvalue weighted by Gasteiger charge is 2.35. The van der Waals surface area contributed by atoms with Crippen LogP contribution in [0.5, 0.6) is 11.5 Å². The van der Waals surface area contributed by atoms with E-state index >= 15 is 0 Å². The van der Waals surface area contributed by atoms with E-state index in [0.29, 0.717) is 35.4 Å². The summed E-state index contributed by atoms with van der Waals surface area (Å²) in [6.45, 7) is 4.36. The van der Waals surface area contributed by atoms with Crippen molar-refractivity contribution in [1.82, 2.24) is 29.6 Å². The molecule has 0 bridgehead atoms. The lowest BCUT2D eigenvalue weighted by molar-refractivity contribution is -0.116. The van der Waals surface area contributed by atoms with Crippen LogP contribution in [-0.4, -0.2) is 42.6 Å². The van der Waals surface area contributed by atoms with Gasteiger partial charge in [0.2, 0.25) is 5.91 Å². The summed E-state index contributed by atoms with van der Waals surface area (Å²) < 4.78 is 15.3. The molecule has 1 amide bonds. The van der Waals surface area contributed by atoms with Crippen molar-refractivity contribution >= 4 is 17.4 Å². The molecular weight excluding hydrogens is 470 g/mol. The number of hydrogen-bond donors (Lipinski definition) is 1. The molecule has 3 aromatic heterocycles. The van der Waals surface area contributed by atoms with Gasteiger partial charge in [-0.2, -0.15) is 14.3 Å². The lowest BCUT2D eigenvalue weighted by Crippen LogP contribution is -2.25. The molecule has 1 N–H and O–H groups in total. The number of nitrogens with zero attached hydrogens (tertiary/aromatic N) is 6. The van der Waals surface area contributed by atoms with Crippen LogP contribution in [0, 0.1) is 13.8 Å². The van der Waals surface area contributed by atoms with Crippen LogP contribution < -0.4 is 14.8 Å². The second-order valence-corrected chi connectivity index (χ2v) is 9.05. The number of carbonyl (C=O) groups is 1. The van der Waals surface area contributed by atoms with Gasteiger partial charge in [-0.1, -0.05) is 42.0 Å². The Balaban J connectivity index is 1.43. The van der Waals surface area contributed by atoms with Crippen molar-refractivity contribution in [3.05, 3.63) is 88.9 Å². The number of benzene rings is 2. The Morgan fingerprint density at radius 2 is 1.95 bits per heavy atom. The number of rotatable bonds is 6. The van der Waals surface area contributed by atoms with Crippen LogP contribution in [0.2, 0.25) is 0 Å². The summed E-state index contributed by atoms with van der Waals surface area (Å²) in [6.07, 6.45) is 1.78. The molecule has 0 radical (unpaired) electrons. The summed E-state index contributed by atoms with van der Waals surface area (Å²) in [4.78, 5) is 13.0. The zero-order valence-electron chi connectivity index (χ0n) is 20.7. The molecule has 0 fully saturated rings. The highest BCUT2D eigenvalue weighted by molar-refractivity contribution is 5.95. The van der Waals surface area contributed by atoms with Crippen molar-refractivity contribution < 1.29 is 14.3 Å². The zero-order chi connectivity index (χ0) is 25.5. The number of fused-ring (bicyclic) bond motifs is 2. The van der Waals surface area contributed by atoms with Crippen LogP contribution in [0.25, 0.3) is 11.5 Å². The minimum Gasteiger partial charge on any atom is -0.493 e. The maximum atomic E-state index is 13.0. The maximum Gasteiger partial charge on any atom is 0.226 e. The molecular formula is C27H25N7O3. The molecule has 10 nitrogen and oxygen atoms in total. The summed E-state index contributed by atoms with van der Waals surface area (Å²) in [5.74, 6) is 1.97. The average Bonchev–Trinajstić information content (AvgIpc) is 3.50. The molecule has 2 aromatic carbocycles. The number of para-hydroxylation sites is 1. The van der Waals surface area contributed by atoms with Gasteiger partial charge >= 0.3 is 0 Å². The van der Waals surface area contributed by atoms with Gasteiger partial charge in [-0.05, 0) is 37.6 Å². The van der Waals surface area contributed by atoms with E-state index < -0.39 is 0 Å². The monoisotopic (exact) mass is 495 g/mol. The third-order valence-electron chi connectivity index (χ3n) is 6.54. The van der Waals surface area contributed by atoms with Gasteiger partial charge in [-0.25, -0.2) is 0 Å². The number of carbonyl (C=O) groups excluding carboxylic acids is 1. The first-order valence-corrected chi connectivity index (χ1v) is 11.9. The van der Waals surface area contributed by atoms with E-state index in [0.717, 1.165) is 27.9 Å². The third kappa shape index (κ3) is 4.06. The number of hydrogen-bond acceptors (Lipinski definition) is 7. The fraction of sp³-hybridized carbons (Fsp3) is 0.222. The van der Waals surface area contributed by atoms with Gasteiger partial charge in [0, 0.05) is 23.5 Å². The molecule has 1 aliphatic heterocycles. The maximum absolute atomic E-state index is 13.0. The number of nitrogens with one attached hydrogen (secondary N) is 1. The number of amides is 1. The van der Waals surface area contributed by atoms with Crippen molar-refractivity contribution in [2.24, 2.45) is 0 Å². The van der Waals surface area contributed by atoms with E-state index in [1.54, 1.807) is 28.4 Å². The van der Waals surface area contributed by atoms with Crippen molar-refractivity contribution in [2.75, 3.05) is 12.4 Å². The van der Waals surface area contributed by atoms with Crippen LogP contribution in [-0.2, 0) is 11.4 Å². The van der Waals surface area contributed by atoms with E-state index in [2.05, 4.69) is 39.7 Å². The predicted octanol–water partition coefficient (Wildman–Crippen LogP) is 3.99. The Bertz CT molecular complexity index is 1640. The van der Waals surface area contributed by atoms with E-state index in [-0.39, 0.29) is 18.2 Å². The Morgan fingerprint density at radius 1 is 1.08 bits per heavy atom. The number of anilines is 1. The molecule has 10 heteroatoms. The topological polar surface area (TPSA) is 108 Å². The molecule has 1 unspecified atom stereocenters. The molecule has 4 heterocycles. The SMILES string of the molecule is COc1cccc(C2CC(=O)Nc3c2c(C)nn3-c2ccc3nncn3n2)c1OCc1cccc(C)c1. The highest BCUT2D eigenvalue weighted by Crippen LogP contribution is 2.45.